The zero-order valence-corrected chi connectivity index (χ0v) is 23.1. The minimum atomic E-state index is -0.0990. The second-order valence-corrected chi connectivity index (χ2v) is 11.7. The molecule has 0 aromatic heterocycles. The Balaban J connectivity index is 1.36. The molecule has 7 nitrogen and oxygen atoms in total. The molecule has 5 rings (SSSR count). The van der Waals surface area contributed by atoms with Crippen molar-refractivity contribution in [3.05, 3.63) is 34.9 Å². The molecular formula is C30H44N2O5. The fraction of sp³-hybridized carbons (Fsp3) is 0.700. The van der Waals surface area contributed by atoms with Crippen LogP contribution in [-0.4, -0.2) is 82.0 Å². The van der Waals surface area contributed by atoms with Crippen LogP contribution in [0.4, 0.5) is 0 Å². The predicted molar refractivity (Wildman–Crippen MR) is 143 cm³/mol. The van der Waals surface area contributed by atoms with Crippen molar-refractivity contribution in [1.29, 1.82) is 0 Å². The number of allylic oxidation sites excluding steroid dienone is 2. The van der Waals surface area contributed by atoms with E-state index in [1.807, 2.05) is 12.1 Å². The first-order chi connectivity index (χ1) is 17.9. The van der Waals surface area contributed by atoms with Gasteiger partial charge in [0.05, 0.1) is 33.4 Å². The number of fused-ring (bicyclic) bond motifs is 2. The topological polar surface area (TPSA) is 60.5 Å². The molecule has 0 amide bonds. The van der Waals surface area contributed by atoms with Crippen molar-refractivity contribution in [2.45, 2.75) is 58.6 Å². The molecule has 4 aliphatic rings. The molecule has 37 heavy (non-hydrogen) atoms. The van der Waals surface area contributed by atoms with Gasteiger partial charge in [-0.25, -0.2) is 0 Å². The highest BCUT2D eigenvalue weighted by atomic mass is 16.6. The standard InChI is InChI=1S/C30H44N2O5/c1-21-6-5-9-30(2)18-28-24(17-26(21)30)25(29(33)37-28)20-32(11-10-31-12-14-36-15-13-31)19-22-16-23(34-3)7-8-27(22)35-4/h7-8,16,24-25,28H,5-6,9-15,17-20H2,1-4H3. The Morgan fingerprint density at radius 3 is 2.76 bits per heavy atom. The molecule has 0 spiro atoms. The fourth-order valence-electron chi connectivity index (χ4n) is 7.19. The van der Waals surface area contributed by atoms with Gasteiger partial charge in [0.15, 0.2) is 0 Å². The van der Waals surface area contributed by atoms with Crippen molar-refractivity contribution < 1.29 is 23.7 Å². The number of hydrogen-bond acceptors (Lipinski definition) is 7. The maximum atomic E-state index is 13.3. The van der Waals surface area contributed by atoms with E-state index in [-0.39, 0.29) is 29.3 Å². The molecule has 2 heterocycles. The molecule has 2 aliphatic carbocycles. The van der Waals surface area contributed by atoms with Crippen LogP contribution >= 0.6 is 0 Å². The zero-order valence-electron chi connectivity index (χ0n) is 23.1. The monoisotopic (exact) mass is 512 g/mol. The van der Waals surface area contributed by atoms with Gasteiger partial charge in [-0.05, 0) is 62.6 Å². The Bertz CT molecular complexity index is 1000. The van der Waals surface area contributed by atoms with Crippen molar-refractivity contribution in [2.75, 3.05) is 60.2 Å². The van der Waals surface area contributed by atoms with Gasteiger partial charge in [0, 0.05) is 50.7 Å². The number of esters is 1. The molecule has 0 radical (unpaired) electrons. The molecule has 2 aliphatic heterocycles. The van der Waals surface area contributed by atoms with Gasteiger partial charge in [0.1, 0.15) is 17.6 Å². The van der Waals surface area contributed by atoms with E-state index in [0.29, 0.717) is 13.1 Å². The van der Waals surface area contributed by atoms with Crippen LogP contribution in [0.3, 0.4) is 0 Å². The first kappa shape index (κ1) is 26.5. The second kappa shape index (κ2) is 11.3. The summed E-state index contributed by atoms with van der Waals surface area (Å²) in [6, 6.07) is 5.95. The Kier molecular flexibility index (Phi) is 8.13. The van der Waals surface area contributed by atoms with Crippen molar-refractivity contribution in [3.63, 3.8) is 0 Å². The summed E-state index contributed by atoms with van der Waals surface area (Å²) in [5, 5.41) is 0. The number of carbonyl (C=O) groups is 1. The summed E-state index contributed by atoms with van der Waals surface area (Å²) < 4.78 is 22.8. The third-order valence-corrected chi connectivity index (χ3v) is 9.35. The molecule has 2 saturated heterocycles. The van der Waals surface area contributed by atoms with E-state index in [4.69, 9.17) is 18.9 Å². The van der Waals surface area contributed by atoms with Crippen LogP contribution in [0, 0.1) is 17.3 Å². The molecule has 0 bridgehead atoms. The summed E-state index contributed by atoms with van der Waals surface area (Å²) in [6.45, 7) is 11.4. The van der Waals surface area contributed by atoms with Gasteiger partial charge in [0.25, 0.3) is 0 Å². The van der Waals surface area contributed by atoms with Crippen molar-refractivity contribution in [2.24, 2.45) is 17.3 Å². The fourth-order valence-corrected chi connectivity index (χ4v) is 7.19. The summed E-state index contributed by atoms with van der Waals surface area (Å²) in [5.41, 5.74) is 4.44. The van der Waals surface area contributed by atoms with E-state index >= 15 is 0 Å². The molecule has 7 heteroatoms. The Labute approximate surface area is 222 Å². The van der Waals surface area contributed by atoms with Crippen LogP contribution < -0.4 is 9.47 Å². The quantitative estimate of drug-likeness (QED) is 0.361. The van der Waals surface area contributed by atoms with Gasteiger partial charge in [-0.1, -0.05) is 18.1 Å². The lowest BCUT2D eigenvalue weighted by molar-refractivity contribution is -0.145. The van der Waals surface area contributed by atoms with Crippen molar-refractivity contribution in [3.8, 4) is 11.5 Å². The second-order valence-electron chi connectivity index (χ2n) is 11.7. The molecule has 1 saturated carbocycles. The largest absolute Gasteiger partial charge is 0.497 e. The maximum Gasteiger partial charge on any atom is 0.310 e. The Morgan fingerprint density at radius 2 is 2.00 bits per heavy atom. The number of carbonyl (C=O) groups excluding carboxylic acids is 1. The minimum absolute atomic E-state index is 0.00974. The van der Waals surface area contributed by atoms with Gasteiger partial charge in [-0.15, -0.1) is 0 Å². The highest BCUT2D eigenvalue weighted by molar-refractivity contribution is 5.76. The maximum absolute atomic E-state index is 13.3. The molecular weight excluding hydrogens is 468 g/mol. The van der Waals surface area contributed by atoms with Crippen molar-refractivity contribution in [1.82, 2.24) is 9.80 Å². The third-order valence-electron chi connectivity index (χ3n) is 9.35. The summed E-state index contributed by atoms with van der Waals surface area (Å²) in [4.78, 5) is 18.2. The minimum Gasteiger partial charge on any atom is -0.497 e. The van der Waals surface area contributed by atoms with E-state index in [2.05, 4.69) is 29.7 Å². The Hall–Kier alpha value is -2.09. The van der Waals surface area contributed by atoms with Gasteiger partial charge in [-0.3, -0.25) is 14.6 Å². The summed E-state index contributed by atoms with van der Waals surface area (Å²) >= 11 is 0. The average Bonchev–Trinajstić information content (AvgIpc) is 3.19. The van der Waals surface area contributed by atoms with E-state index < -0.39 is 0 Å². The summed E-state index contributed by atoms with van der Waals surface area (Å²) in [7, 11) is 3.40. The smallest absolute Gasteiger partial charge is 0.310 e. The van der Waals surface area contributed by atoms with E-state index in [0.717, 1.165) is 69.3 Å². The average molecular weight is 513 g/mol. The van der Waals surface area contributed by atoms with Crippen LogP contribution in [0.15, 0.2) is 29.3 Å². The third kappa shape index (κ3) is 5.69. The van der Waals surface area contributed by atoms with Crippen LogP contribution in [-0.2, 0) is 20.8 Å². The number of ether oxygens (including phenoxy) is 4. The molecule has 204 valence electrons. The van der Waals surface area contributed by atoms with Crippen LogP contribution in [0.2, 0.25) is 0 Å². The van der Waals surface area contributed by atoms with Gasteiger partial charge in [-0.2, -0.15) is 0 Å². The molecule has 4 atom stereocenters. The first-order valence-electron chi connectivity index (χ1n) is 14.0. The lowest BCUT2D eigenvalue weighted by atomic mass is 9.59. The number of methoxy groups -OCH3 is 2. The number of benzene rings is 1. The SMILES string of the molecule is COc1ccc(OC)c(CN(CCN2CCOCC2)CC2C(=O)OC3CC4(C)CCCC(C)=C4CC32)c1. The molecule has 4 unspecified atom stereocenters. The molecule has 1 aromatic carbocycles. The normalized spacial score (nSPS) is 30.2. The summed E-state index contributed by atoms with van der Waals surface area (Å²) in [5.74, 6) is 1.82. The number of rotatable bonds is 9. The zero-order chi connectivity index (χ0) is 26.0. The van der Waals surface area contributed by atoms with Gasteiger partial charge < -0.3 is 18.9 Å². The number of nitrogens with zero attached hydrogens (tertiary/aromatic N) is 2. The lowest BCUT2D eigenvalue weighted by Gasteiger charge is -2.46. The van der Waals surface area contributed by atoms with Crippen LogP contribution in [0.5, 0.6) is 11.5 Å². The van der Waals surface area contributed by atoms with Gasteiger partial charge >= 0.3 is 5.97 Å². The van der Waals surface area contributed by atoms with E-state index in [9.17, 15) is 4.79 Å². The molecule has 1 aromatic rings. The summed E-state index contributed by atoms with van der Waals surface area (Å²) in [6.07, 6.45) is 5.69. The van der Waals surface area contributed by atoms with E-state index in [1.165, 1.54) is 19.3 Å². The first-order valence-corrected chi connectivity index (χ1v) is 14.0. The number of morpholine rings is 1. The molecule has 0 N–H and O–H groups in total. The highest BCUT2D eigenvalue weighted by Gasteiger charge is 2.53. The van der Waals surface area contributed by atoms with Crippen LogP contribution in [0.1, 0.15) is 51.5 Å². The van der Waals surface area contributed by atoms with Gasteiger partial charge in [0.2, 0.25) is 0 Å². The highest BCUT2D eigenvalue weighted by Crippen LogP contribution is 2.55. The predicted octanol–water partition coefficient (Wildman–Crippen LogP) is 4.30. The lowest BCUT2D eigenvalue weighted by Crippen LogP contribution is -2.44. The molecule has 3 fully saturated rings. The van der Waals surface area contributed by atoms with E-state index in [1.54, 1.807) is 25.4 Å². The van der Waals surface area contributed by atoms with Crippen molar-refractivity contribution >= 4 is 5.97 Å². The Morgan fingerprint density at radius 1 is 1.19 bits per heavy atom. The van der Waals surface area contributed by atoms with Crippen LogP contribution in [0.25, 0.3) is 0 Å². The number of hydrogen-bond donors (Lipinski definition) is 0.